The van der Waals surface area contributed by atoms with Gasteiger partial charge in [0.25, 0.3) is 5.91 Å². The predicted octanol–water partition coefficient (Wildman–Crippen LogP) is 3.10. The van der Waals surface area contributed by atoms with Crippen molar-refractivity contribution in [2.45, 2.75) is 66.0 Å². The SMILES string of the molecule is Cc1nn(CC(C)C)c(C)c1CCC(=O)NC1CCN(C(=O)c2ccoc2)CC1. The van der Waals surface area contributed by atoms with Gasteiger partial charge in [0, 0.05) is 37.8 Å². The van der Waals surface area contributed by atoms with Crippen molar-refractivity contribution in [2.24, 2.45) is 5.92 Å². The first-order valence-corrected chi connectivity index (χ1v) is 10.5. The Kier molecular flexibility index (Phi) is 6.77. The molecular weight excluding hydrogens is 368 g/mol. The predicted molar refractivity (Wildman–Crippen MR) is 111 cm³/mol. The van der Waals surface area contributed by atoms with Crippen LogP contribution < -0.4 is 5.32 Å². The molecule has 1 aliphatic heterocycles. The summed E-state index contributed by atoms with van der Waals surface area (Å²) >= 11 is 0. The first-order valence-electron chi connectivity index (χ1n) is 10.5. The molecule has 0 aliphatic carbocycles. The van der Waals surface area contributed by atoms with Gasteiger partial charge in [0.15, 0.2) is 0 Å². The molecule has 1 saturated heterocycles. The molecule has 1 fully saturated rings. The van der Waals surface area contributed by atoms with Gasteiger partial charge in [-0.1, -0.05) is 13.8 Å². The molecule has 1 aliphatic rings. The number of hydrogen-bond donors (Lipinski definition) is 1. The van der Waals surface area contributed by atoms with Crippen molar-refractivity contribution in [3.63, 3.8) is 0 Å². The van der Waals surface area contributed by atoms with Gasteiger partial charge in [-0.2, -0.15) is 5.10 Å². The van der Waals surface area contributed by atoms with Gasteiger partial charge in [-0.05, 0) is 50.7 Å². The molecule has 0 aromatic carbocycles. The minimum atomic E-state index is -0.00659. The van der Waals surface area contributed by atoms with E-state index in [4.69, 9.17) is 4.42 Å². The van der Waals surface area contributed by atoms with Gasteiger partial charge in [-0.3, -0.25) is 14.3 Å². The molecule has 2 aromatic rings. The van der Waals surface area contributed by atoms with Crippen LogP contribution in [0.4, 0.5) is 0 Å². The molecule has 0 radical (unpaired) electrons. The number of piperidine rings is 1. The third-order valence-electron chi connectivity index (χ3n) is 5.59. The van der Waals surface area contributed by atoms with E-state index in [0.717, 1.165) is 30.8 Å². The molecule has 3 rings (SSSR count). The molecule has 7 heteroatoms. The third-order valence-corrected chi connectivity index (χ3v) is 5.59. The van der Waals surface area contributed by atoms with Crippen LogP contribution >= 0.6 is 0 Å². The van der Waals surface area contributed by atoms with Crippen LogP contribution in [0.3, 0.4) is 0 Å². The van der Waals surface area contributed by atoms with E-state index < -0.39 is 0 Å². The fourth-order valence-corrected chi connectivity index (χ4v) is 3.95. The molecule has 3 heterocycles. The summed E-state index contributed by atoms with van der Waals surface area (Å²) in [6.45, 7) is 10.7. The van der Waals surface area contributed by atoms with E-state index in [9.17, 15) is 9.59 Å². The fourth-order valence-electron chi connectivity index (χ4n) is 3.95. The normalized spacial score (nSPS) is 15.1. The number of nitrogens with one attached hydrogen (secondary N) is 1. The molecule has 0 atom stereocenters. The molecule has 0 unspecified atom stereocenters. The zero-order valence-electron chi connectivity index (χ0n) is 17.9. The topological polar surface area (TPSA) is 80.4 Å². The summed E-state index contributed by atoms with van der Waals surface area (Å²) in [6.07, 6.45) is 5.71. The summed E-state index contributed by atoms with van der Waals surface area (Å²) in [5.41, 5.74) is 3.94. The summed E-state index contributed by atoms with van der Waals surface area (Å²) in [5, 5.41) is 7.77. The Labute approximate surface area is 172 Å². The Morgan fingerprint density at radius 1 is 1.28 bits per heavy atom. The minimum Gasteiger partial charge on any atom is -0.472 e. The summed E-state index contributed by atoms with van der Waals surface area (Å²) in [7, 11) is 0. The van der Waals surface area contributed by atoms with E-state index in [0.29, 0.717) is 37.4 Å². The van der Waals surface area contributed by atoms with E-state index in [2.05, 4.69) is 35.9 Å². The summed E-state index contributed by atoms with van der Waals surface area (Å²) in [6, 6.07) is 1.81. The maximum Gasteiger partial charge on any atom is 0.257 e. The van der Waals surface area contributed by atoms with Crippen molar-refractivity contribution in [3.05, 3.63) is 41.1 Å². The maximum absolute atomic E-state index is 12.5. The summed E-state index contributed by atoms with van der Waals surface area (Å²) in [4.78, 5) is 26.6. The van der Waals surface area contributed by atoms with Crippen molar-refractivity contribution in [2.75, 3.05) is 13.1 Å². The van der Waals surface area contributed by atoms with E-state index >= 15 is 0 Å². The zero-order chi connectivity index (χ0) is 21.0. The molecule has 2 aromatic heterocycles. The lowest BCUT2D eigenvalue weighted by molar-refractivity contribution is -0.122. The van der Waals surface area contributed by atoms with Crippen LogP contribution in [0.25, 0.3) is 0 Å². The smallest absolute Gasteiger partial charge is 0.257 e. The van der Waals surface area contributed by atoms with Crippen LogP contribution in [-0.2, 0) is 17.8 Å². The third kappa shape index (κ3) is 5.28. The number of carbonyl (C=O) groups excluding carboxylic acids is 2. The lowest BCUT2D eigenvalue weighted by Gasteiger charge is -2.32. The Morgan fingerprint density at radius 3 is 2.62 bits per heavy atom. The molecule has 0 bridgehead atoms. The Morgan fingerprint density at radius 2 is 2.00 bits per heavy atom. The first-order chi connectivity index (χ1) is 13.8. The lowest BCUT2D eigenvalue weighted by Crippen LogP contribution is -2.46. The highest BCUT2D eigenvalue weighted by atomic mass is 16.3. The number of nitrogens with zero attached hydrogens (tertiary/aromatic N) is 3. The van der Waals surface area contributed by atoms with Crippen molar-refractivity contribution < 1.29 is 14.0 Å². The molecular formula is C22H32N4O3. The second-order valence-corrected chi connectivity index (χ2v) is 8.37. The van der Waals surface area contributed by atoms with Crippen LogP contribution in [0.5, 0.6) is 0 Å². The van der Waals surface area contributed by atoms with Gasteiger partial charge in [0.05, 0.1) is 17.5 Å². The number of amides is 2. The summed E-state index contributed by atoms with van der Waals surface area (Å²) < 4.78 is 7.05. The average molecular weight is 401 g/mol. The highest BCUT2D eigenvalue weighted by Crippen LogP contribution is 2.18. The fraction of sp³-hybridized carbons (Fsp3) is 0.591. The van der Waals surface area contributed by atoms with Gasteiger partial charge >= 0.3 is 0 Å². The zero-order valence-corrected chi connectivity index (χ0v) is 17.9. The van der Waals surface area contributed by atoms with Crippen LogP contribution in [-0.4, -0.2) is 45.6 Å². The number of aryl methyl sites for hydroxylation is 1. The molecule has 7 nitrogen and oxygen atoms in total. The van der Waals surface area contributed by atoms with Gasteiger partial charge in [-0.15, -0.1) is 0 Å². The Balaban J connectivity index is 1.45. The van der Waals surface area contributed by atoms with Crippen molar-refractivity contribution in [3.8, 4) is 0 Å². The minimum absolute atomic E-state index is 0.00659. The van der Waals surface area contributed by atoms with E-state index in [1.54, 1.807) is 6.07 Å². The van der Waals surface area contributed by atoms with Crippen LogP contribution in [0.1, 0.15) is 60.4 Å². The van der Waals surface area contributed by atoms with Crippen molar-refractivity contribution in [1.29, 1.82) is 0 Å². The number of carbonyl (C=O) groups is 2. The number of likely N-dealkylation sites (tertiary alicyclic amines) is 1. The van der Waals surface area contributed by atoms with Crippen molar-refractivity contribution >= 4 is 11.8 Å². The quantitative estimate of drug-likeness (QED) is 0.774. The number of hydrogen-bond acceptors (Lipinski definition) is 4. The van der Waals surface area contributed by atoms with Crippen LogP contribution in [0, 0.1) is 19.8 Å². The van der Waals surface area contributed by atoms with Gasteiger partial charge in [-0.25, -0.2) is 0 Å². The monoisotopic (exact) mass is 400 g/mol. The first kappa shape index (κ1) is 21.1. The van der Waals surface area contributed by atoms with Gasteiger partial charge < -0.3 is 14.6 Å². The summed E-state index contributed by atoms with van der Waals surface area (Å²) in [5.74, 6) is 0.600. The largest absolute Gasteiger partial charge is 0.472 e. The van der Waals surface area contributed by atoms with E-state index in [1.807, 2.05) is 11.8 Å². The highest BCUT2D eigenvalue weighted by molar-refractivity contribution is 5.93. The van der Waals surface area contributed by atoms with Crippen LogP contribution in [0.15, 0.2) is 23.0 Å². The second-order valence-electron chi connectivity index (χ2n) is 8.37. The van der Waals surface area contributed by atoms with Gasteiger partial charge in [0.1, 0.15) is 6.26 Å². The molecule has 0 saturated carbocycles. The number of rotatable bonds is 7. The Hall–Kier alpha value is -2.57. The standard InChI is InChI=1S/C22H32N4O3/c1-15(2)13-26-17(4)20(16(3)24-26)5-6-21(27)23-19-7-10-25(11-8-19)22(28)18-9-12-29-14-18/h9,12,14-15,19H,5-8,10-11,13H2,1-4H3,(H,23,27). The number of aromatic nitrogens is 2. The molecule has 158 valence electrons. The molecule has 29 heavy (non-hydrogen) atoms. The Bertz CT molecular complexity index is 831. The lowest BCUT2D eigenvalue weighted by atomic mass is 10.0. The molecule has 1 N–H and O–H groups in total. The highest BCUT2D eigenvalue weighted by Gasteiger charge is 2.25. The van der Waals surface area contributed by atoms with E-state index in [-0.39, 0.29) is 17.9 Å². The molecule has 0 spiro atoms. The van der Waals surface area contributed by atoms with Crippen LogP contribution in [0.2, 0.25) is 0 Å². The van der Waals surface area contributed by atoms with Crippen molar-refractivity contribution in [1.82, 2.24) is 20.0 Å². The van der Waals surface area contributed by atoms with Gasteiger partial charge in [0.2, 0.25) is 5.91 Å². The second kappa shape index (κ2) is 9.29. The number of furan rings is 1. The maximum atomic E-state index is 12.5. The average Bonchev–Trinajstić information content (AvgIpc) is 3.29. The van der Waals surface area contributed by atoms with E-state index in [1.165, 1.54) is 18.1 Å². The molecule has 2 amide bonds.